The Balaban J connectivity index is 2.59. The number of thioether (sulfide) groups is 1. The summed E-state index contributed by atoms with van der Waals surface area (Å²) in [5.41, 5.74) is 0. The van der Waals surface area contributed by atoms with Crippen LogP contribution in [0.25, 0.3) is 0 Å². The van der Waals surface area contributed by atoms with E-state index in [1.807, 2.05) is 24.7 Å². The summed E-state index contributed by atoms with van der Waals surface area (Å²) >= 11 is 1.64. The first-order valence-electron chi connectivity index (χ1n) is 6.87. The lowest BCUT2D eigenvalue weighted by atomic mass is 10.2. The van der Waals surface area contributed by atoms with Crippen molar-refractivity contribution in [2.75, 3.05) is 12.0 Å². The van der Waals surface area contributed by atoms with Crippen molar-refractivity contribution in [3.8, 4) is 0 Å². The molecule has 118 valence electrons. The molecule has 2 N–H and O–H groups in total. The number of hydrogen-bond donors (Lipinski definition) is 2. The Labute approximate surface area is 129 Å². The first-order chi connectivity index (χ1) is 9.95. The SMILES string of the molecule is CSCC[C@H](NC(C)=O)C(=O)NCc1nncn1C(C)C. The van der Waals surface area contributed by atoms with Crippen LogP contribution >= 0.6 is 11.8 Å². The molecule has 8 heteroatoms. The standard InChI is InChI=1S/C13H23N5O2S/c1-9(2)18-8-15-17-12(18)7-14-13(20)11(5-6-21-4)16-10(3)19/h8-9,11H,5-7H2,1-4H3,(H,14,20)(H,16,19)/t11-/m0/s1. The van der Waals surface area contributed by atoms with Gasteiger partial charge in [-0.3, -0.25) is 9.59 Å². The van der Waals surface area contributed by atoms with Crippen LogP contribution in [0.3, 0.4) is 0 Å². The van der Waals surface area contributed by atoms with Gasteiger partial charge in [0.1, 0.15) is 12.4 Å². The van der Waals surface area contributed by atoms with Crippen molar-refractivity contribution in [1.82, 2.24) is 25.4 Å². The molecule has 0 fully saturated rings. The second-order valence-corrected chi connectivity index (χ2v) is 5.99. The van der Waals surface area contributed by atoms with Gasteiger partial charge in [-0.05, 0) is 32.3 Å². The predicted octanol–water partition coefficient (Wildman–Crippen LogP) is 0.733. The topological polar surface area (TPSA) is 88.9 Å². The van der Waals surface area contributed by atoms with Gasteiger partial charge in [0.2, 0.25) is 11.8 Å². The molecule has 1 aromatic heterocycles. The van der Waals surface area contributed by atoms with Crippen molar-refractivity contribution in [3.63, 3.8) is 0 Å². The smallest absolute Gasteiger partial charge is 0.242 e. The minimum atomic E-state index is -0.509. The maximum Gasteiger partial charge on any atom is 0.242 e. The lowest BCUT2D eigenvalue weighted by Crippen LogP contribution is -2.46. The Bertz CT molecular complexity index is 475. The van der Waals surface area contributed by atoms with Crippen LogP contribution in [0.4, 0.5) is 0 Å². The highest BCUT2D eigenvalue weighted by Crippen LogP contribution is 2.06. The van der Waals surface area contributed by atoms with E-state index in [1.54, 1.807) is 18.1 Å². The van der Waals surface area contributed by atoms with Crippen molar-refractivity contribution in [2.24, 2.45) is 0 Å². The molecule has 0 saturated carbocycles. The molecule has 0 aliphatic heterocycles. The molecule has 0 aromatic carbocycles. The first-order valence-corrected chi connectivity index (χ1v) is 8.27. The van der Waals surface area contributed by atoms with Crippen molar-refractivity contribution in [3.05, 3.63) is 12.2 Å². The molecule has 0 spiro atoms. The number of amides is 2. The first kappa shape index (κ1) is 17.5. The average Bonchev–Trinajstić information content (AvgIpc) is 2.89. The fourth-order valence-corrected chi connectivity index (χ4v) is 2.34. The molecule has 0 unspecified atom stereocenters. The van der Waals surface area contributed by atoms with Gasteiger partial charge in [-0.15, -0.1) is 10.2 Å². The zero-order valence-electron chi connectivity index (χ0n) is 12.9. The van der Waals surface area contributed by atoms with Crippen LogP contribution < -0.4 is 10.6 Å². The molecule has 2 amide bonds. The number of aromatic nitrogens is 3. The summed E-state index contributed by atoms with van der Waals surface area (Å²) in [5, 5.41) is 13.3. The molecule has 0 saturated heterocycles. The molecule has 0 bridgehead atoms. The molecule has 0 aliphatic rings. The van der Waals surface area contributed by atoms with Gasteiger partial charge in [-0.1, -0.05) is 0 Å². The minimum Gasteiger partial charge on any atom is -0.347 e. The number of carbonyl (C=O) groups is 2. The number of nitrogens with zero attached hydrogens (tertiary/aromatic N) is 3. The average molecular weight is 313 g/mol. The molecular formula is C13H23N5O2S. The van der Waals surface area contributed by atoms with Gasteiger partial charge in [-0.25, -0.2) is 0 Å². The Kier molecular flexibility index (Phi) is 7.21. The van der Waals surface area contributed by atoms with E-state index in [4.69, 9.17) is 0 Å². The molecule has 1 atom stereocenters. The van der Waals surface area contributed by atoms with Crippen LogP contribution in [0, 0.1) is 0 Å². The maximum absolute atomic E-state index is 12.2. The van der Waals surface area contributed by atoms with E-state index in [9.17, 15) is 9.59 Å². The maximum atomic E-state index is 12.2. The fraction of sp³-hybridized carbons (Fsp3) is 0.692. The Morgan fingerprint density at radius 1 is 1.43 bits per heavy atom. The summed E-state index contributed by atoms with van der Waals surface area (Å²) in [6, 6.07) is -0.278. The number of nitrogens with one attached hydrogen (secondary N) is 2. The molecular weight excluding hydrogens is 290 g/mol. The monoisotopic (exact) mass is 313 g/mol. The van der Waals surface area contributed by atoms with Crippen molar-refractivity contribution in [1.29, 1.82) is 0 Å². The van der Waals surface area contributed by atoms with E-state index in [0.717, 1.165) is 5.75 Å². The summed E-state index contributed by atoms with van der Waals surface area (Å²) in [5.74, 6) is 1.10. The van der Waals surface area contributed by atoms with E-state index in [-0.39, 0.29) is 17.9 Å². The van der Waals surface area contributed by atoms with Crippen LogP contribution in [0.2, 0.25) is 0 Å². The van der Waals surface area contributed by atoms with Gasteiger partial charge in [0.05, 0.1) is 6.54 Å². The van der Waals surface area contributed by atoms with E-state index < -0.39 is 6.04 Å². The van der Waals surface area contributed by atoms with Crippen molar-refractivity contribution >= 4 is 23.6 Å². The van der Waals surface area contributed by atoms with Gasteiger partial charge in [0.25, 0.3) is 0 Å². The van der Waals surface area contributed by atoms with Crippen LogP contribution in [0.15, 0.2) is 6.33 Å². The Morgan fingerprint density at radius 2 is 2.14 bits per heavy atom. The predicted molar refractivity (Wildman–Crippen MR) is 82.9 cm³/mol. The van der Waals surface area contributed by atoms with Gasteiger partial charge in [0, 0.05) is 13.0 Å². The normalized spacial score (nSPS) is 12.2. The fourth-order valence-electron chi connectivity index (χ4n) is 1.86. The van der Waals surface area contributed by atoms with Crippen molar-refractivity contribution < 1.29 is 9.59 Å². The van der Waals surface area contributed by atoms with Crippen molar-refractivity contribution in [2.45, 2.75) is 45.8 Å². The van der Waals surface area contributed by atoms with Crippen LogP contribution in [-0.4, -0.2) is 44.6 Å². The molecule has 1 rings (SSSR count). The molecule has 1 heterocycles. The molecule has 0 radical (unpaired) electrons. The molecule has 0 aliphatic carbocycles. The van der Waals surface area contributed by atoms with Gasteiger partial charge >= 0.3 is 0 Å². The third kappa shape index (κ3) is 5.74. The van der Waals surface area contributed by atoms with Gasteiger partial charge in [-0.2, -0.15) is 11.8 Å². The summed E-state index contributed by atoms with van der Waals surface area (Å²) < 4.78 is 1.90. The van der Waals surface area contributed by atoms with Gasteiger partial charge < -0.3 is 15.2 Å². The highest BCUT2D eigenvalue weighted by Gasteiger charge is 2.19. The quantitative estimate of drug-likeness (QED) is 0.739. The van der Waals surface area contributed by atoms with Gasteiger partial charge in [0.15, 0.2) is 5.82 Å². The lowest BCUT2D eigenvalue weighted by molar-refractivity contribution is -0.128. The molecule has 21 heavy (non-hydrogen) atoms. The highest BCUT2D eigenvalue weighted by molar-refractivity contribution is 7.98. The summed E-state index contributed by atoms with van der Waals surface area (Å²) in [4.78, 5) is 23.3. The van der Waals surface area contributed by atoms with Crippen LogP contribution in [-0.2, 0) is 16.1 Å². The van der Waals surface area contributed by atoms with E-state index in [0.29, 0.717) is 18.8 Å². The van der Waals surface area contributed by atoms with E-state index in [2.05, 4.69) is 20.8 Å². The summed E-state index contributed by atoms with van der Waals surface area (Å²) in [6.07, 6.45) is 4.21. The van der Waals surface area contributed by atoms with E-state index in [1.165, 1.54) is 6.92 Å². The second-order valence-electron chi connectivity index (χ2n) is 5.00. The Morgan fingerprint density at radius 3 is 2.71 bits per heavy atom. The third-order valence-corrected chi connectivity index (χ3v) is 3.57. The third-order valence-electron chi connectivity index (χ3n) is 2.93. The highest BCUT2D eigenvalue weighted by atomic mass is 32.2. The number of hydrogen-bond acceptors (Lipinski definition) is 5. The Hall–Kier alpha value is -1.57. The molecule has 1 aromatic rings. The van der Waals surface area contributed by atoms with Crippen LogP contribution in [0.5, 0.6) is 0 Å². The zero-order valence-corrected chi connectivity index (χ0v) is 13.7. The summed E-state index contributed by atoms with van der Waals surface area (Å²) in [7, 11) is 0. The summed E-state index contributed by atoms with van der Waals surface area (Å²) in [6.45, 7) is 5.75. The lowest BCUT2D eigenvalue weighted by Gasteiger charge is -2.17. The van der Waals surface area contributed by atoms with E-state index >= 15 is 0 Å². The van der Waals surface area contributed by atoms with Crippen LogP contribution in [0.1, 0.15) is 39.1 Å². The number of rotatable bonds is 8. The largest absolute Gasteiger partial charge is 0.347 e. The minimum absolute atomic E-state index is 0.197. The zero-order chi connectivity index (χ0) is 15.8. The molecule has 7 nitrogen and oxygen atoms in total. The number of carbonyl (C=O) groups excluding carboxylic acids is 2. The second kappa shape index (κ2) is 8.66.